The van der Waals surface area contributed by atoms with Crippen molar-refractivity contribution in [3.8, 4) is 39.8 Å². The van der Waals surface area contributed by atoms with Crippen LogP contribution in [0.3, 0.4) is 0 Å². The minimum Gasteiger partial charge on any atom is -0.493 e. The van der Waals surface area contributed by atoms with E-state index < -0.39 is 0 Å². The van der Waals surface area contributed by atoms with Crippen molar-refractivity contribution in [2.75, 3.05) is 21.3 Å². The third kappa shape index (κ3) is 3.03. The summed E-state index contributed by atoms with van der Waals surface area (Å²) in [6.07, 6.45) is 1.79. The number of aromatic amines is 1. The summed E-state index contributed by atoms with van der Waals surface area (Å²) in [6, 6.07) is 16.2. The van der Waals surface area contributed by atoms with Crippen LogP contribution in [0, 0.1) is 6.92 Å². The van der Waals surface area contributed by atoms with Gasteiger partial charge in [0.2, 0.25) is 5.75 Å². The molecule has 2 heterocycles. The topological polar surface area (TPSA) is 60.5 Å². The Morgan fingerprint density at radius 1 is 0.821 bits per heavy atom. The molecule has 6 nitrogen and oxygen atoms in total. The Morgan fingerprint density at radius 3 is 2.11 bits per heavy atom. The Morgan fingerprint density at radius 2 is 1.50 bits per heavy atom. The van der Waals surface area contributed by atoms with Gasteiger partial charge in [0.05, 0.1) is 33.1 Å². The first-order valence-electron chi connectivity index (χ1n) is 8.92. The average Bonchev–Trinajstić information content (AvgIpc) is 3.17. The number of hydrogen-bond acceptors (Lipinski definition) is 4. The maximum atomic E-state index is 5.50. The summed E-state index contributed by atoms with van der Waals surface area (Å²) in [5, 5.41) is 3.44. The Kier molecular flexibility index (Phi) is 4.61. The fraction of sp³-hybridized carbons (Fsp3) is 0.182. The fourth-order valence-corrected chi connectivity index (χ4v) is 3.28. The Bertz CT molecular complexity index is 1110. The first-order chi connectivity index (χ1) is 13.6. The quantitative estimate of drug-likeness (QED) is 0.538. The molecule has 0 saturated carbocycles. The van der Waals surface area contributed by atoms with Gasteiger partial charge in [0.25, 0.3) is 0 Å². The molecule has 0 spiro atoms. The lowest BCUT2D eigenvalue weighted by Crippen LogP contribution is -2.27. The van der Waals surface area contributed by atoms with Crippen LogP contribution >= 0.6 is 0 Å². The number of aromatic nitrogens is 3. The van der Waals surface area contributed by atoms with Gasteiger partial charge in [0, 0.05) is 17.2 Å². The van der Waals surface area contributed by atoms with E-state index in [1.54, 1.807) is 27.5 Å². The number of nitrogens with one attached hydrogen (secondary N) is 1. The summed E-state index contributed by atoms with van der Waals surface area (Å²) in [5.41, 5.74) is 6.00. The second-order valence-corrected chi connectivity index (χ2v) is 6.47. The zero-order valence-corrected chi connectivity index (χ0v) is 16.3. The van der Waals surface area contributed by atoms with Crippen molar-refractivity contribution >= 4 is 5.65 Å². The minimum atomic E-state index is 0.566. The van der Waals surface area contributed by atoms with Crippen LogP contribution in [0.4, 0.5) is 0 Å². The molecule has 28 heavy (non-hydrogen) atoms. The molecule has 0 radical (unpaired) electrons. The molecule has 1 N–H and O–H groups in total. The van der Waals surface area contributed by atoms with Crippen molar-refractivity contribution in [1.29, 1.82) is 0 Å². The highest BCUT2D eigenvalue weighted by Gasteiger charge is 2.20. The van der Waals surface area contributed by atoms with Gasteiger partial charge in [-0.3, -0.25) is 0 Å². The van der Waals surface area contributed by atoms with Crippen LogP contribution in [0.1, 0.15) is 5.56 Å². The van der Waals surface area contributed by atoms with E-state index in [-0.39, 0.29) is 0 Å². The van der Waals surface area contributed by atoms with Crippen LogP contribution in [-0.2, 0) is 0 Å². The van der Waals surface area contributed by atoms with Gasteiger partial charge in [0.1, 0.15) is 6.20 Å². The zero-order chi connectivity index (χ0) is 19.7. The summed E-state index contributed by atoms with van der Waals surface area (Å²) < 4.78 is 18.4. The molecule has 0 fully saturated rings. The van der Waals surface area contributed by atoms with Crippen LogP contribution < -0.4 is 18.7 Å². The highest BCUT2D eigenvalue weighted by atomic mass is 16.5. The molecular weight excluding hydrogens is 354 g/mol. The van der Waals surface area contributed by atoms with Crippen molar-refractivity contribution in [3.05, 3.63) is 60.3 Å². The number of benzene rings is 2. The van der Waals surface area contributed by atoms with Crippen molar-refractivity contribution in [3.63, 3.8) is 0 Å². The summed E-state index contributed by atoms with van der Waals surface area (Å²) >= 11 is 0. The Balaban J connectivity index is 1.89. The van der Waals surface area contributed by atoms with Gasteiger partial charge >= 0.3 is 5.65 Å². The van der Waals surface area contributed by atoms with Gasteiger partial charge in [-0.05, 0) is 24.0 Å². The van der Waals surface area contributed by atoms with Gasteiger partial charge < -0.3 is 14.2 Å². The molecule has 0 aliphatic rings. The smallest absolute Gasteiger partial charge is 0.348 e. The normalized spacial score (nSPS) is 10.9. The van der Waals surface area contributed by atoms with Crippen molar-refractivity contribution in [1.82, 2.24) is 10.1 Å². The number of rotatable bonds is 5. The van der Waals surface area contributed by atoms with Gasteiger partial charge in [-0.15, -0.1) is 4.52 Å². The van der Waals surface area contributed by atoms with E-state index >= 15 is 0 Å². The summed E-state index contributed by atoms with van der Waals surface area (Å²) in [7, 11) is 4.82. The molecule has 0 aliphatic heterocycles. The first-order valence-corrected chi connectivity index (χ1v) is 8.92. The van der Waals surface area contributed by atoms with E-state index in [2.05, 4.69) is 41.3 Å². The van der Waals surface area contributed by atoms with Crippen molar-refractivity contribution < 1.29 is 18.7 Å². The molecule has 4 rings (SSSR count). The van der Waals surface area contributed by atoms with Crippen LogP contribution in [-0.4, -0.2) is 31.4 Å². The molecule has 0 bridgehead atoms. The predicted molar refractivity (Wildman–Crippen MR) is 107 cm³/mol. The van der Waals surface area contributed by atoms with Crippen LogP contribution in [0.25, 0.3) is 28.2 Å². The van der Waals surface area contributed by atoms with Gasteiger partial charge in [-0.25, -0.2) is 5.10 Å². The number of aryl methyl sites for hydroxylation is 1. The number of H-pyrrole nitrogens is 1. The van der Waals surface area contributed by atoms with Gasteiger partial charge in [-0.1, -0.05) is 29.8 Å². The highest BCUT2D eigenvalue weighted by molar-refractivity contribution is 5.68. The summed E-state index contributed by atoms with van der Waals surface area (Å²) in [6.45, 7) is 2.08. The summed E-state index contributed by atoms with van der Waals surface area (Å²) in [5.74, 6) is 1.77. The number of hydrogen-bond donors (Lipinski definition) is 1. The number of fused-ring (bicyclic) bond motifs is 1. The maximum absolute atomic E-state index is 5.50. The molecule has 4 aromatic rings. The third-order valence-electron chi connectivity index (χ3n) is 4.74. The molecule has 0 aliphatic carbocycles. The molecule has 0 atom stereocenters. The lowest BCUT2D eigenvalue weighted by Gasteiger charge is -2.13. The second-order valence-electron chi connectivity index (χ2n) is 6.47. The van der Waals surface area contributed by atoms with Crippen molar-refractivity contribution in [2.24, 2.45) is 0 Å². The Hall–Kier alpha value is -3.54. The lowest BCUT2D eigenvalue weighted by atomic mass is 10.1. The molecule has 0 saturated heterocycles. The standard InChI is InChI=1S/C22H21N3O3/c1-14-5-7-15(8-6-14)17-13-21-23-10-9-18(25(21)24-17)16-11-19(26-2)22(28-4)20(12-16)27-3/h5-13H,1-4H3/p+1. The molecular formula is C22H22N3O3+. The van der Waals surface area contributed by atoms with E-state index in [4.69, 9.17) is 14.2 Å². The molecule has 142 valence electrons. The SMILES string of the molecule is COc1cc(-c2ccnc3cc(-c4ccc(C)cc4)[nH][n+]23)cc(OC)c1OC. The van der Waals surface area contributed by atoms with E-state index in [1.165, 1.54) is 5.56 Å². The molecule has 2 aromatic heterocycles. The van der Waals surface area contributed by atoms with Gasteiger partial charge in [-0.2, -0.15) is 0 Å². The average molecular weight is 376 g/mol. The van der Waals surface area contributed by atoms with E-state index in [9.17, 15) is 0 Å². The van der Waals surface area contributed by atoms with Crippen LogP contribution in [0.15, 0.2) is 54.7 Å². The lowest BCUT2D eigenvalue weighted by molar-refractivity contribution is -0.566. The number of nitrogens with zero attached hydrogens (tertiary/aromatic N) is 2. The zero-order valence-electron chi connectivity index (χ0n) is 16.3. The fourth-order valence-electron chi connectivity index (χ4n) is 3.28. The predicted octanol–water partition coefficient (Wildman–Crippen LogP) is 3.82. The first kappa shape index (κ1) is 17.9. The van der Waals surface area contributed by atoms with Crippen LogP contribution in [0.2, 0.25) is 0 Å². The Labute approximate surface area is 163 Å². The molecule has 6 heteroatoms. The summed E-state index contributed by atoms with van der Waals surface area (Å²) in [4.78, 5) is 4.49. The van der Waals surface area contributed by atoms with E-state index in [0.717, 1.165) is 28.2 Å². The number of methoxy groups -OCH3 is 3. The van der Waals surface area contributed by atoms with Crippen LogP contribution in [0.5, 0.6) is 17.2 Å². The van der Waals surface area contributed by atoms with E-state index in [1.807, 2.05) is 28.8 Å². The molecule has 0 amide bonds. The highest BCUT2D eigenvalue weighted by Crippen LogP contribution is 2.40. The number of ether oxygens (including phenoxy) is 3. The molecule has 2 aromatic carbocycles. The monoisotopic (exact) mass is 376 g/mol. The maximum Gasteiger partial charge on any atom is 0.348 e. The third-order valence-corrected chi connectivity index (χ3v) is 4.74. The van der Waals surface area contributed by atoms with E-state index in [0.29, 0.717) is 17.2 Å². The molecule has 0 unspecified atom stereocenters. The largest absolute Gasteiger partial charge is 0.493 e. The van der Waals surface area contributed by atoms with Gasteiger partial charge in [0.15, 0.2) is 17.2 Å². The minimum absolute atomic E-state index is 0.566. The second kappa shape index (κ2) is 7.23. The van der Waals surface area contributed by atoms with Crippen molar-refractivity contribution in [2.45, 2.75) is 6.92 Å².